The summed E-state index contributed by atoms with van der Waals surface area (Å²) in [6, 6.07) is 9.12. The average molecular weight is 308 g/mol. The van der Waals surface area contributed by atoms with Gasteiger partial charge in [-0.3, -0.25) is 14.2 Å². The molecule has 6 heteroatoms. The fourth-order valence-electron chi connectivity index (χ4n) is 2.51. The Balaban J connectivity index is 1.83. The lowest BCUT2D eigenvalue weighted by Crippen LogP contribution is -2.28. The van der Waals surface area contributed by atoms with E-state index < -0.39 is 0 Å². The van der Waals surface area contributed by atoms with Gasteiger partial charge < -0.3 is 5.32 Å². The van der Waals surface area contributed by atoms with E-state index >= 15 is 0 Å². The van der Waals surface area contributed by atoms with Crippen molar-refractivity contribution in [2.45, 2.75) is 20.4 Å². The maximum Gasteiger partial charge on any atom is 0.263 e. The quantitative estimate of drug-likeness (QED) is 0.803. The van der Waals surface area contributed by atoms with E-state index in [4.69, 9.17) is 0 Å². The maximum atomic E-state index is 12.3. The summed E-state index contributed by atoms with van der Waals surface area (Å²) in [7, 11) is 0. The van der Waals surface area contributed by atoms with Crippen LogP contribution in [0, 0.1) is 13.8 Å². The van der Waals surface area contributed by atoms with Gasteiger partial charge in [-0.05, 0) is 49.2 Å². The summed E-state index contributed by atoms with van der Waals surface area (Å²) in [5.41, 5.74) is 2.95. The van der Waals surface area contributed by atoms with Crippen molar-refractivity contribution in [3.63, 3.8) is 0 Å². The van der Waals surface area contributed by atoms with Gasteiger partial charge in [0.15, 0.2) is 5.65 Å². The van der Waals surface area contributed by atoms with E-state index in [-0.39, 0.29) is 18.0 Å². The molecule has 6 nitrogen and oxygen atoms in total. The van der Waals surface area contributed by atoms with Crippen LogP contribution in [0.3, 0.4) is 0 Å². The maximum absolute atomic E-state index is 12.3. The third-order valence-corrected chi connectivity index (χ3v) is 3.42. The monoisotopic (exact) mass is 308 g/mol. The Bertz CT molecular complexity index is 926. The minimum absolute atomic E-state index is 0.0936. The molecule has 0 saturated heterocycles. The van der Waals surface area contributed by atoms with E-state index in [9.17, 15) is 9.59 Å². The SMILES string of the molecule is Cc1cc(C)cc(NC(=O)Cn2cnc3ncccc3c2=O)c1. The average Bonchev–Trinajstić information content (AvgIpc) is 2.49. The molecule has 23 heavy (non-hydrogen) atoms. The van der Waals surface area contributed by atoms with Gasteiger partial charge in [-0.2, -0.15) is 0 Å². The first-order chi connectivity index (χ1) is 11.0. The fourth-order valence-corrected chi connectivity index (χ4v) is 2.51. The number of aromatic nitrogens is 3. The highest BCUT2D eigenvalue weighted by atomic mass is 16.2. The number of hydrogen-bond donors (Lipinski definition) is 1. The molecule has 0 radical (unpaired) electrons. The molecule has 0 saturated carbocycles. The van der Waals surface area contributed by atoms with Crippen LogP contribution in [0.5, 0.6) is 0 Å². The summed E-state index contributed by atoms with van der Waals surface area (Å²) in [5, 5.41) is 3.20. The molecule has 1 amide bonds. The Morgan fingerprint density at radius 3 is 2.65 bits per heavy atom. The molecular weight excluding hydrogens is 292 g/mol. The van der Waals surface area contributed by atoms with Gasteiger partial charge in [0.2, 0.25) is 5.91 Å². The van der Waals surface area contributed by atoms with E-state index in [1.165, 1.54) is 10.9 Å². The van der Waals surface area contributed by atoms with Crippen LogP contribution < -0.4 is 10.9 Å². The number of anilines is 1. The number of carbonyl (C=O) groups is 1. The first kappa shape index (κ1) is 14.9. The second-order valence-corrected chi connectivity index (χ2v) is 5.48. The number of benzene rings is 1. The summed E-state index contributed by atoms with van der Waals surface area (Å²) < 4.78 is 1.28. The van der Waals surface area contributed by atoms with E-state index in [1.807, 2.05) is 32.0 Å². The highest BCUT2D eigenvalue weighted by molar-refractivity contribution is 5.90. The minimum atomic E-state index is -0.279. The molecule has 1 aromatic carbocycles. The highest BCUT2D eigenvalue weighted by Gasteiger charge is 2.09. The van der Waals surface area contributed by atoms with Gasteiger partial charge in [-0.15, -0.1) is 0 Å². The zero-order valence-corrected chi connectivity index (χ0v) is 12.9. The number of rotatable bonds is 3. The van der Waals surface area contributed by atoms with E-state index in [2.05, 4.69) is 15.3 Å². The van der Waals surface area contributed by atoms with Crippen LogP contribution >= 0.6 is 0 Å². The van der Waals surface area contributed by atoms with Crippen molar-refractivity contribution in [3.8, 4) is 0 Å². The molecule has 0 unspecified atom stereocenters. The summed E-state index contributed by atoms with van der Waals surface area (Å²) in [5.74, 6) is -0.276. The molecule has 3 rings (SSSR count). The van der Waals surface area contributed by atoms with Crippen molar-refractivity contribution in [1.29, 1.82) is 0 Å². The lowest BCUT2D eigenvalue weighted by Gasteiger charge is -2.09. The molecule has 0 aliphatic carbocycles. The van der Waals surface area contributed by atoms with Crippen LogP contribution in [0.15, 0.2) is 47.7 Å². The Morgan fingerprint density at radius 2 is 1.91 bits per heavy atom. The van der Waals surface area contributed by atoms with E-state index in [1.54, 1.807) is 18.3 Å². The van der Waals surface area contributed by atoms with Crippen LogP contribution in [-0.4, -0.2) is 20.4 Å². The van der Waals surface area contributed by atoms with Crippen LogP contribution in [0.1, 0.15) is 11.1 Å². The van der Waals surface area contributed by atoms with Crippen molar-refractivity contribution in [2.75, 3.05) is 5.32 Å². The molecule has 0 spiro atoms. The number of nitrogens with one attached hydrogen (secondary N) is 1. The zero-order chi connectivity index (χ0) is 16.4. The molecule has 2 heterocycles. The summed E-state index contributed by atoms with van der Waals surface area (Å²) in [6.45, 7) is 3.84. The molecular formula is C17H16N4O2. The predicted octanol–water partition coefficient (Wildman–Crippen LogP) is 2.05. The molecule has 0 fully saturated rings. The predicted molar refractivity (Wildman–Crippen MR) is 88.3 cm³/mol. The van der Waals surface area contributed by atoms with Crippen LogP contribution in [0.4, 0.5) is 5.69 Å². The first-order valence-electron chi connectivity index (χ1n) is 7.21. The van der Waals surface area contributed by atoms with Gasteiger partial charge in [0.25, 0.3) is 5.56 Å². The number of fused-ring (bicyclic) bond motifs is 1. The van der Waals surface area contributed by atoms with Crippen molar-refractivity contribution >= 4 is 22.6 Å². The third kappa shape index (κ3) is 3.26. The summed E-state index contributed by atoms with van der Waals surface area (Å²) in [6.07, 6.45) is 2.92. The van der Waals surface area contributed by atoms with Gasteiger partial charge in [0.1, 0.15) is 12.9 Å². The van der Waals surface area contributed by atoms with E-state index in [0.717, 1.165) is 16.8 Å². The Labute approximate surface area is 132 Å². The van der Waals surface area contributed by atoms with Crippen molar-refractivity contribution < 1.29 is 4.79 Å². The van der Waals surface area contributed by atoms with Gasteiger partial charge in [-0.1, -0.05) is 6.07 Å². The topological polar surface area (TPSA) is 76.9 Å². The molecule has 0 bridgehead atoms. The molecule has 2 aromatic heterocycles. The number of pyridine rings is 1. The summed E-state index contributed by atoms with van der Waals surface area (Å²) >= 11 is 0. The number of carbonyl (C=O) groups excluding carboxylic acids is 1. The Hall–Kier alpha value is -3.02. The minimum Gasteiger partial charge on any atom is -0.325 e. The third-order valence-electron chi connectivity index (χ3n) is 3.42. The van der Waals surface area contributed by atoms with Crippen molar-refractivity contribution in [3.05, 3.63) is 64.3 Å². The molecule has 3 aromatic rings. The highest BCUT2D eigenvalue weighted by Crippen LogP contribution is 2.13. The number of amides is 1. The normalized spacial score (nSPS) is 10.7. The number of nitrogens with zero attached hydrogens (tertiary/aromatic N) is 3. The molecule has 0 aliphatic heterocycles. The first-order valence-corrected chi connectivity index (χ1v) is 7.21. The Kier molecular flexibility index (Phi) is 3.89. The van der Waals surface area contributed by atoms with Gasteiger partial charge >= 0.3 is 0 Å². The Morgan fingerprint density at radius 1 is 1.17 bits per heavy atom. The van der Waals surface area contributed by atoms with Gasteiger partial charge in [0, 0.05) is 11.9 Å². The van der Waals surface area contributed by atoms with Crippen LogP contribution in [-0.2, 0) is 11.3 Å². The van der Waals surface area contributed by atoms with E-state index in [0.29, 0.717) is 11.0 Å². The molecule has 0 atom stereocenters. The van der Waals surface area contributed by atoms with Gasteiger partial charge in [-0.25, -0.2) is 9.97 Å². The van der Waals surface area contributed by atoms with Crippen LogP contribution in [0.2, 0.25) is 0 Å². The molecule has 1 N–H and O–H groups in total. The molecule has 116 valence electrons. The van der Waals surface area contributed by atoms with Crippen molar-refractivity contribution in [1.82, 2.24) is 14.5 Å². The number of hydrogen-bond acceptors (Lipinski definition) is 4. The van der Waals surface area contributed by atoms with Crippen LogP contribution in [0.25, 0.3) is 11.0 Å². The number of aryl methyl sites for hydroxylation is 2. The van der Waals surface area contributed by atoms with Crippen molar-refractivity contribution in [2.24, 2.45) is 0 Å². The smallest absolute Gasteiger partial charge is 0.263 e. The molecule has 0 aliphatic rings. The second-order valence-electron chi connectivity index (χ2n) is 5.48. The summed E-state index contributed by atoms with van der Waals surface area (Å²) in [4.78, 5) is 32.6. The standard InChI is InChI=1S/C17H16N4O2/c1-11-6-12(2)8-13(7-11)20-15(22)9-21-10-19-16-14(17(21)23)4-3-5-18-16/h3-8,10H,9H2,1-2H3,(H,20,22). The lowest BCUT2D eigenvalue weighted by atomic mass is 10.1. The zero-order valence-electron chi connectivity index (χ0n) is 12.9. The second kappa shape index (κ2) is 6.00. The lowest BCUT2D eigenvalue weighted by molar-refractivity contribution is -0.116. The largest absolute Gasteiger partial charge is 0.325 e. The fraction of sp³-hybridized carbons (Fsp3) is 0.176. The van der Waals surface area contributed by atoms with Gasteiger partial charge in [0.05, 0.1) is 5.39 Å².